The standard InChI is InChI=1S/C33H31NO3/c1-33(2,3)34-31(35)30(28(24-16-8-4-9-17-24)25-18-10-5-11-19-25)37-32(36)29(26-20-12-6-13-21-26)27-22-14-7-15-23-27/h4-23,29H,1-3H3,(H,34,35). The molecule has 0 fully saturated rings. The Morgan fingerprint density at radius 3 is 1.38 bits per heavy atom. The number of ether oxygens (including phenoxy) is 1. The molecule has 0 atom stereocenters. The largest absolute Gasteiger partial charge is 0.419 e. The minimum Gasteiger partial charge on any atom is -0.419 e. The summed E-state index contributed by atoms with van der Waals surface area (Å²) in [6.07, 6.45) is 0. The topological polar surface area (TPSA) is 55.4 Å². The van der Waals surface area contributed by atoms with Gasteiger partial charge in [-0.05, 0) is 43.0 Å². The SMILES string of the molecule is CC(C)(C)NC(=O)C(OC(=O)C(c1ccccc1)c1ccccc1)=C(c1ccccc1)c1ccccc1. The van der Waals surface area contributed by atoms with Gasteiger partial charge in [0.15, 0.2) is 0 Å². The highest BCUT2D eigenvalue weighted by molar-refractivity contribution is 6.05. The maximum absolute atomic E-state index is 14.0. The van der Waals surface area contributed by atoms with Gasteiger partial charge in [-0.15, -0.1) is 0 Å². The second-order valence-corrected chi connectivity index (χ2v) is 9.82. The van der Waals surface area contributed by atoms with E-state index in [-0.39, 0.29) is 5.76 Å². The number of benzene rings is 4. The lowest BCUT2D eigenvalue weighted by Gasteiger charge is -2.24. The van der Waals surface area contributed by atoms with Crippen LogP contribution >= 0.6 is 0 Å². The van der Waals surface area contributed by atoms with E-state index in [4.69, 9.17) is 4.74 Å². The second-order valence-electron chi connectivity index (χ2n) is 9.82. The number of amides is 1. The summed E-state index contributed by atoms with van der Waals surface area (Å²) in [7, 11) is 0. The molecule has 0 saturated carbocycles. The first-order chi connectivity index (χ1) is 17.8. The van der Waals surface area contributed by atoms with Gasteiger partial charge in [0.05, 0.1) is 0 Å². The van der Waals surface area contributed by atoms with E-state index in [9.17, 15) is 9.59 Å². The number of hydrogen-bond donors (Lipinski definition) is 1. The van der Waals surface area contributed by atoms with Crippen molar-refractivity contribution in [2.75, 3.05) is 0 Å². The van der Waals surface area contributed by atoms with Crippen LogP contribution in [0.25, 0.3) is 5.57 Å². The number of carbonyl (C=O) groups excluding carboxylic acids is 2. The summed E-state index contributed by atoms with van der Waals surface area (Å²) in [6, 6.07) is 38.0. The van der Waals surface area contributed by atoms with Crippen LogP contribution in [-0.2, 0) is 14.3 Å². The molecule has 0 saturated heterocycles. The first-order valence-electron chi connectivity index (χ1n) is 12.3. The zero-order valence-electron chi connectivity index (χ0n) is 21.3. The summed E-state index contributed by atoms with van der Waals surface area (Å²) in [5, 5.41) is 2.99. The van der Waals surface area contributed by atoms with E-state index < -0.39 is 23.3 Å². The van der Waals surface area contributed by atoms with Crippen molar-refractivity contribution in [1.29, 1.82) is 0 Å². The molecule has 37 heavy (non-hydrogen) atoms. The summed E-state index contributed by atoms with van der Waals surface area (Å²) in [5.41, 5.74) is 3.14. The fourth-order valence-corrected chi connectivity index (χ4v) is 4.16. The molecule has 0 aromatic heterocycles. The summed E-state index contributed by atoms with van der Waals surface area (Å²) in [5.74, 6) is -1.72. The van der Waals surface area contributed by atoms with Crippen LogP contribution in [0.5, 0.6) is 0 Å². The Morgan fingerprint density at radius 2 is 1.00 bits per heavy atom. The normalized spacial score (nSPS) is 11.0. The molecule has 4 rings (SSSR count). The first-order valence-corrected chi connectivity index (χ1v) is 12.3. The van der Waals surface area contributed by atoms with Crippen LogP contribution in [0.2, 0.25) is 0 Å². The predicted molar refractivity (Wildman–Crippen MR) is 148 cm³/mol. The quantitative estimate of drug-likeness (QED) is 0.178. The van der Waals surface area contributed by atoms with Crippen molar-refractivity contribution in [2.45, 2.75) is 32.2 Å². The lowest BCUT2D eigenvalue weighted by atomic mass is 9.91. The third-order valence-electron chi connectivity index (χ3n) is 5.75. The highest BCUT2D eigenvalue weighted by atomic mass is 16.5. The zero-order valence-corrected chi connectivity index (χ0v) is 21.3. The van der Waals surface area contributed by atoms with E-state index in [1.165, 1.54) is 0 Å². The van der Waals surface area contributed by atoms with E-state index in [2.05, 4.69) is 5.32 Å². The third kappa shape index (κ3) is 6.62. The lowest BCUT2D eigenvalue weighted by Crippen LogP contribution is -2.42. The van der Waals surface area contributed by atoms with Crippen molar-refractivity contribution in [3.63, 3.8) is 0 Å². The molecule has 4 heteroatoms. The number of hydrogen-bond acceptors (Lipinski definition) is 3. The van der Waals surface area contributed by atoms with E-state index >= 15 is 0 Å². The molecule has 186 valence electrons. The molecular weight excluding hydrogens is 458 g/mol. The molecule has 4 nitrogen and oxygen atoms in total. The molecule has 0 radical (unpaired) electrons. The van der Waals surface area contributed by atoms with E-state index in [1.54, 1.807) is 0 Å². The smallest absolute Gasteiger partial charge is 0.323 e. The van der Waals surface area contributed by atoms with Gasteiger partial charge in [-0.3, -0.25) is 9.59 Å². The predicted octanol–water partition coefficient (Wildman–Crippen LogP) is 6.74. The van der Waals surface area contributed by atoms with Gasteiger partial charge < -0.3 is 10.1 Å². The van der Waals surface area contributed by atoms with Gasteiger partial charge in [-0.25, -0.2) is 0 Å². The molecule has 1 N–H and O–H groups in total. The molecule has 4 aromatic carbocycles. The maximum Gasteiger partial charge on any atom is 0.323 e. The molecule has 0 heterocycles. The Labute approximate surface area is 218 Å². The molecule has 0 unspecified atom stereocenters. The molecule has 0 aliphatic carbocycles. The maximum atomic E-state index is 14.0. The average Bonchev–Trinajstić information content (AvgIpc) is 2.90. The summed E-state index contributed by atoms with van der Waals surface area (Å²) < 4.78 is 6.13. The van der Waals surface area contributed by atoms with Gasteiger partial charge in [0.1, 0.15) is 5.92 Å². The molecule has 0 aliphatic heterocycles. The van der Waals surface area contributed by atoms with Gasteiger partial charge >= 0.3 is 5.97 Å². The van der Waals surface area contributed by atoms with E-state index in [0.717, 1.165) is 22.3 Å². The van der Waals surface area contributed by atoms with Crippen LogP contribution in [0.1, 0.15) is 48.9 Å². The summed E-state index contributed by atoms with van der Waals surface area (Å²) in [4.78, 5) is 27.7. The monoisotopic (exact) mass is 489 g/mol. The van der Waals surface area contributed by atoms with Gasteiger partial charge in [-0.1, -0.05) is 121 Å². The van der Waals surface area contributed by atoms with Gasteiger partial charge in [0.2, 0.25) is 5.76 Å². The van der Waals surface area contributed by atoms with Gasteiger partial charge in [-0.2, -0.15) is 0 Å². The molecular formula is C33H31NO3. The number of nitrogens with one attached hydrogen (secondary N) is 1. The van der Waals surface area contributed by atoms with Gasteiger partial charge in [0.25, 0.3) is 5.91 Å². The number of carbonyl (C=O) groups is 2. The summed E-state index contributed by atoms with van der Waals surface area (Å²) in [6.45, 7) is 5.68. The van der Waals surface area contributed by atoms with Crippen molar-refractivity contribution in [3.05, 3.63) is 149 Å². The third-order valence-corrected chi connectivity index (χ3v) is 5.75. The molecule has 0 aliphatic rings. The van der Waals surface area contributed by atoms with Crippen LogP contribution in [0.4, 0.5) is 0 Å². The number of esters is 1. The Bertz CT molecular complexity index is 1280. The van der Waals surface area contributed by atoms with Crippen LogP contribution in [0.15, 0.2) is 127 Å². The molecule has 0 bridgehead atoms. The molecule has 0 spiro atoms. The minimum atomic E-state index is -0.701. The first kappa shape index (κ1) is 25.6. The van der Waals surface area contributed by atoms with Crippen molar-refractivity contribution >= 4 is 17.4 Å². The van der Waals surface area contributed by atoms with E-state index in [1.807, 2.05) is 142 Å². The average molecular weight is 490 g/mol. The Kier molecular flexibility index (Phi) is 7.99. The van der Waals surface area contributed by atoms with Crippen LogP contribution < -0.4 is 5.32 Å². The van der Waals surface area contributed by atoms with Crippen molar-refractivity contribution < 1.29 is 14.3 Å². The van der Waals surface area contributed by atoms with Crippen LogP contribution in [0.3, 0.4) is 0 Å². The summed E-state index contributed by atoms with van der Waals surface area (Å²) >= 11 is 0. The Balaban J connectivity index is 1.89. The fraction of sp³-hybridized carbons (Fsp3) is 0.152. The van der Waals surface area contributed by atoms with Crippen LogP contribution in [-0.4, -0.2) is 17.4 Å². The lowest BCUT2D eigenvalue weighted by molar-refractivity contribution is -0.143. The highest BCUT2D eigenvalue weighted by Crippen LogP contribution is 2.32. The van der Waals surface area contributed by atoms with Crippen molar-refractivity contribution in [2.24, 2.45) is 0 Å². The minimum absolute atomic E-state index is 0.0332. The molecule has 1 amide bonds. The Hall–Kier alpha value is -4.44. The Morgan fingerprint density at radius 1 is 0.622 bits per heavy atom. The zero-order chi connectivity index (χ0) is 26.3. The molecule has 4 aromatic rings. The van der Waals surface area contributed by atoms with Crippen LogP contribution in [0, 0.1) is 0 Å². The number of rotatable bonds is 7. The second kappa shape index (κ2) is 11.5. The van der Waals surface area contributed by atoms with Crippen molar-refractivity contribution in [1.82, 2.24) is 5.32 Å². The highest BCUT2D eigenvalue weighted by Gasteiger charge is 2.31. The van der Waals surface area contributed by atoms with Gasteiger partial charge in [0, 0.05) is 11.1 Å². The van der Waals surface area contributed by atoms with E-state index in [0.29, 0.717) is 5.57 Å². The van der Waals surface area contributed by atoms with Crippen molar-refractivity contribution in [3.8, 4) is 0 Å². The fourth-order valence-electron chi connectivity index (χ4n) is 4.16.